The van der Waals surface area contributed by atoms with Gasteiger partial charge in [-0.05, 0) is 25.7 Å². The zero-order valence-corrected chi connectivity index (χ0v) is 7.49. The average Bonchev–Trinajstić information content (AvgIpc) is 2.76. The molecule has 2 fully saturated rings. The van der Waals surface area contributed by atoms with E-state index in [2.05, 4.69) is 5.32 Å². The summed E-state index contributed by atoms with van der Waals surface area (Å²) < 4.78 is 0. The Bertz CT molecular complexity index is 227. The molecule has 4 heteroatoms. The highest BCUT2D eigenvalue weighted by Crippen LogP contribution is 2.34. The second kappa shape index (κ2) is 2.96. The van der Waals surface area contributed by atoms with Crippen LogP contribution in [-0.4, -0.2) is 33.9 Å². The van der Waals surface area contributed by atoms with E-state index in [1.165, 1.54) is 0 Å². The molecule has 2 atom stereocenters. The van der Waals surface area contributed by atoms with Crippen molar-refractivity contribution in [2.75, 3.05) is 0 Å². The van der Waals surface area contributed by atoms with Gasteiger partial charge in [-0.1, -0.05) is 0 Å². The third-order valence-corrected chi connectivity index (χ3v) is 2.96. The summed E-state index contributed by atoms with van der Waals surface area (Å²) in [5.74, 6) is -0.809. The van der Waals surface area contributed by atoms with Crippen LogP contribution in [0.1, 0.15) is 32.1 Å². The maximum Gasteiger partial charge on any atom is 0.324 e. The van der Waals surface area contributed by atoms with Gasteiger partial charge in [0.25, 0.3) is 0 Å². The molecule has 0 amide bonds. The third kappa shape index (κ3) is 1.69. The molecule has 2 rings (SSSR count). The van der Waals surface area contributed by atoms with Crippen LogP contribution in [0.15, 0.2) is 0 Å². The van der Waals surface area contributed by atoms with E-state index in [0.29, 0.717) is 25.3 Å². The standard InChI is InChI=1S/C9H15NO3/c11-7-3-4-9(5-7,8(12)13)10-6-1-2-6/h6-7,10-11H,1-5H2,(H,12,13). The summed E-state index contributed by atoms with van der Waals surface area (Å²) >= 11 is 0. The molecule has 0 saturated heterocycles. The highest BCUT2D eigenvalue weighted by atomic mass is 16.4. The largest absolute Gasteiger partial charge is 0.480 e. The van der Waals surface area contributed by atoms with Crippen LogP contribution in [0.5, 0.6) is 0 Å². The molecule has 74 valence electrons. The molecule has 13 heavy (non-hydrogen) atoms. The highest BCUT2D eigenvalue weighted by molar-refractivity contribution is 5.79. The normalized spacial score (nSPS) is 39.3. The van der Waals surface area contributed by atoms with Gasteiger partial charge in [-0.3, -0.25) is 10.1 Å². The lowest BCUT2D eigenvalue weighted by Gasteiger charge is -2.25. The van der Waals surface area contributed by atoms with Crippen LogP contribution >= 0.6 is 0 Å². The molecule has 0 aromatic rings. The first-order valence-corrected chi connectivity index (χ1v) is 4.81. The summed E-state index contributed by atoms with van der Waals surface area (Å²) in [7, 11) is 0. The van der Waals surface area contributed by atoms with Crippen LogP contribution < -0.4 is 5.32 Å². The van der Waals surface area contributed by atoms with Crippen molar-refractivity contribution >= 4 is 5.97 Å². The fourth-order valence-electron chi connectivity index (χ4n) is 2.02. The zero-order chi connectivity index (χ0) is 9.47. The summed E-state index contributed by atoms with van der Waals surface area (Å²) in [5, 5.41) is 21.6. The number of carbonyl (C=O) groups is 1. The summed E-state index contributed by atoms with van der Waals surface area (Å²) in [6, 6.07) is 0.376. The maximum absolute atomic E-state index is 11.1. The van der Waals surface area contributed by atoms with Crippen molar-refractivity contribution in [2.24, 2.45) is 0 Å². The Kier molecular flexibility index (Phi) is 2.04. The monoisotopic (exact) mass is 185 g/mol. The number of rotatable bonds is 3. The Balaban J connectivity index is 2.05. The summed E-state index contributed by atoms with van der Waals surface area (Å²) in [6.07, 6.45) is 3.23. The van der Waals surface area contributed by atoms with Crippen molar-refractivity contribution in [2.45, 2.75) is 49.8 Å². The lowest BCUT2D eigenvalue weighted by Crippen LogP contribution is -2.51. The van der Waals surface area contributed by atoms with Crippen molar-refractivity contribution in [1.82, 2.24) is 5.32 Å². The van der Waals surface area contributed by atoms with E-state index in [4.69, 9.17) is 5.11 Å². The first kappa shape index (κ1) is 8.97. The van der Waals surface area contributed by atoms with Gasteiger partial charge in [0.15, 0.2) is 0 Å². The van der Waals surface area contributed by atoms with Crippen molar-refractivity contribution in [3.63, 3.8) is 0 Å². The molecule has 2 saturated carbocycles. The van der Waals surface area contributed by atoms with Crippen LogP contribution in [0.3, 0.4) is 0 Å². The first-order chi connectivity index (χ1) is 6.12. The van der Waals surface area contributed by atoms with Crippen LogP contribution in [0.25, 0.3) is 0 Å². The molecule has 2 aliphatic carbocycles. The minimum Gasteiger partial charge on any atom is -0.480 e. The van der Waals surface area contributed by atoms with Crippen molar-refractivity contribution in [3.05, 3.63) is 0 Å². The highest BCUT2D eigenvalue weighted by Gasteiger charge is 2.47. The van der Waals surface area contributed by atoms with E-state index >= 15 is 0 Å². The predicted octanol–water partition coefficient (Wildman–Crippen LogP) is 0.107. The van der Waals surface area contributed by atoms with E-state index < -0.39 is 17.6 Å². The average molecular weight is 185 g/mol. The molecule has 0 heterocycles. The van der Waals surface area contributed by atoms with Gasteiger partial charge in [-0.15, -0.1) is 0 Å². The molecule has 2 unspecified atom stereocenters. The topological polar surface area (TPSA) is 69.6 Å². The molecule has 0 spiro atoms. The van der Waals surface area contributed by atoms with Gasteiger partial charge in [0.2, 0.25) is 0 Å². The van der Waals surface area contributed by atoms with E-state index in [-0.39, 0.29) is 0 Å². The third-order valence-electron chi connectivity index (χ3n) is 2.96. The Labute approximate surface area is 76.9 Å². The van der Waals surface area contributed by atoms with Crippen LogP contribution in [-0.2, 0) is 4.79 Å². The molecular formula is C9H15NO3. The summed E-state index contributed by atoms with van der Waals surface area (Å²) in [5.41, 5.74) is -0.833. The molecule has 0 radical (unpaired) electrons. The van der Waals surface area contributed by atoms with E-state index in [1.54, 1.807) is 0 Å². The first-order valence-electron chi connectivity index (χ1n) is 4.81. The predicted molar refractivity (Wildman–Crippen MR) is 46.4 cm³/mol. The van der Waals surface area contributed by atoms with E-state index in [0.717, 1.165) is 12.8 Å². The quantitative estimate of drug-likeness (QED) is 0.583. The molecule has 0 aromatic heterocycles. The second-order valence-electron chi connectivity index (χ2n) is 4.20. The molecule has 2 aliphatic rings. The number of aliphatic hydroxyl groups is 1. The SMILES string of the molecule is O=C(O)C1(NC2CC2)CCC(O)C1. The lowest BCUT2D eigenvalue weighted by atomic mass is 9.97. The van der Waals surface area contributed by atoms with Crippen LogP contribution in [0.2, 0.25) is 0 Å². The van der Waals surface area contributed by atoms with Crippen molar-refractivity contribution < 1.29 is 15.0 Å². The summed E-state index contributed by atoms with van der Waals surface area (Å²) in [6.45, 7) is 0. The minimum atomic E-state index is -0.833. The Morgan fingerprint density at radius 2 is 2.08 bits per heavy atom. The fraction of sp³-hybridized carbons (Fsp3) is 0.889. The Morgan fingerprint density at radius 3 is 2.46 bits per heavy atom. The number of nitrogens with one attached hydrogen (secondary N) is 1. The Hall–Kier alpha value is -0.610. The minimum absolute atomic E-state index is 0.360. The molecule has 3 N–H and O–H groups in total. The van der Waals surface area contributed by atoms with Gasteiger partial charge in [0.1, 0.15) is 5.54 Å². The van der Waals surface area contributed by atoms with Crippen molar-refractivity contribution in [1.29, 1.82) is 0 Å². The van der Waals surface area contributed by atoms with Gasteiger partial charge in [-0.2, -0.15) is 0 Å². The number of hydrogen-bond acceptors (Lipinski definition) is 3. The maximum atomic E-state index is 11.1. The van der Waals surface area contributed by atoms with Crippen LogP contribution in [0.4, 0.5) is 0 Å². The smallest absolute Gasteiger partial charge is 0.324 e. The second-order valence-corrected chi connectivity index (χ2v) is 4.20. The number of hydrogen-bond donors (Lipinski definition) is 3. The number of carboxylic acids is 1. The van der Waals surface area contributed by atoms with Gasteiger partial charge >= 0.3 is 5.97 Å². The number of carboxylic acid groups (broad SMARTS) is 1. The van der Waals surface area contributed by atoms with Gasteiger partial charge in [0, 0.05) is 12.5 Å². The molecule has 4 nitrogen and oxygen atoms in total. The Morgan fingerprint density at radius 1 is 1.38 bits per heavy atom. The van der Waals surface area contributed by atoms with E-state index in [9.17, 15) is 9.90 Å². The molecule has 0 aromatic carbocycles. The fourth-order valence-corrected chi connectivity index (χ4v) is 2.02. The number of aliphatic hydroxyl groups excluding tert-OH is 1. The zero-order valence-electron chi connectivity index (χ0n) is 7.49. The molecular weight excluding hydrogens is 170 g/mol. The van der Waals surface area contributed by atoms with E-state index in [1.807, 2.05) is 0 Å². The van der Waals surface area contributed by atoms with Crippen molar-refractivity contribution in [3.8, 4) is 0 Å². The summed E-state index contributed by atoms with van der Waals surface area (Å²) in [4.78, 5) is 11.1. The molecule has 0 bridgehead atoms. The lowest BCUT2D eigenvalue weighted by molar-refractivity contribution is -0.145. The van der Waals surface area contributed by atoms with Gasteiger partial charge in [0.05, 0.1) is 6.10 Å². The molecule has 0 aliphatic heterocycles. The number of aliphatic carboxylic acids is 1. The van der Waals surface area contributed by atoms with Gasteiger partial charge < -0.3 is 10.2 Å². The van der Waals surface area contributed by atoms with Gasteiger partial charge in [-0.25, -0.2) is 0 Å². The van der Waals surface area contributed by atoms with Crippen LogP contribution in [0, 0.1) is 0 Å².